The lowest BCUT2D eigenvalue weighted by Crippen LogP contribution is -2.40. The molecular weight excluding hydrogens is 142 g/mol. The van der Waals surface area contributed by atoms with Crippen LogP contribution in [0, 0.1) is 0 Å². The zero-order valence-corrected chi connectivity index (χ0v) is 8.70. The van der Waals surface area contributed by atoms with Gasteiger partial charge in [0.05, 0.1) is 0 Å². The molecule has 2 N–H and O–H groups in total. The van der Waals surface area contributed by atoms with Gasteiger partial charge < -0.3 is 5.40 Å². The van der Waals surface area contributed by atoms with Crippen LogP contribution in [-0.2, 0) is 0 Å². The van der Waals surface area contributed by atoms with Gasteiger partial charge in [0.2, 0.25) is 0 Å². The second kappa shape index (κ2) is 2.96. The van der Waals surface area contributed by atoms with Gasteiger partial charge in [-0.3, -0.25) is 0 Å². The molecule has 1 unspecified atom stereocenters. The van der Waals surface area contributed by atoms with Crippen molar-refractivity contribution in [1.29, 1.82) is 0 Å². The Morgan fingerprint density at radius 2 is 1.78 bits per heavy atom. The van der Waals surface area contributed by atoms with Gasteiger partial charge in [-0.1, -0.05) is 35.5 Å². The van der Waals surface area contributed by atoms with Gasteiger partial charge in [0.15, 0.2) is 0 Å². The molecular formula is C6H11NSi2. The van der Waals surface area contributed by atoms with Crippen molar-refractivity contribution in [1.82, 2.24) is 0 Å². The Labute approximate surface area is 59.8 Å². The quantitative estimate of drug-likeness (QED) is 0.485. The Hall–Kier alpha value is -0.386. The molecule has 0 fully saturated rings. The Morgan fingerprint density at radius 1 is 1.22 bits per heavy atom. The first-order valence-electron chi connectivity index (χ1n) is 3.11. The van der Waals surface area contributed by atoms with Gasteiger partial charge in [-0.25, -0.2) is 0 Å². The molecule has 0 saturated carbocycles. The van der Waals surface area contributed by atoms with Crippen molar-refractivity contribution in [2.45, 2.75) is 0 Å². The molecule has 1 nitrogen and oxygen atoms in total. The summed E-state index contributed by atoms with van der Waals surface area (Å²) in [5.41, 5.74) is 0. The van der Waals surface area contributed by atoms with Crippen LogP contribution in [0.25, 0.3) is 0 Å². The molecule has 0 amide bonds. The number of nitrogens with two attached hydrogens (primary N) is 1. The van der Waals surface area contributed by atoms with E-state index in [9.17, 15) is 0 Å². The molecule has 1 aromatic rings. The maximum absolute atomic E-state index is 5.81. The summed E-state index contributed by atoms with van der Waals surface area (Å²) < 4.78 is 0. The van der Waals surface area contributed by atoms with Crippen LogP contribution in [0.5, 0.6) is 0 Å². The second-order valence-corrected chi connectivity index (χ2v) is 8.18. The van der Waals surface area contributed by atoms with Crippen molar-refractivity contribution < 1.29 is 0 Å². The summed E-state index contributed by atoms with van der Waals surface area (Å²) in [6.07, 6.45) is 0. The van der Waals surface area contributed by atoms with E-state index in [1.807, 2.05) is 6.07 Å². The normalized spacial score (nSPS) is 13.4. The van der Waals surface area contributed by atoms with Crippen LogP contribution in [0.4, 0.5) is 0 Å². The molecule has 0 radical (unpaired) electrons. The summed E-state index contributed by atoms with van der Waals surface area (Å²) in [7, 11) is 0.283. The van der Waals surface area contributed by atoms with E-state index in [0.717, 1.165) is 0 Å². The van der Waals surface area contributed by atoms with Crippen LogP contribution in [-0.4, -0.2) is 18.2 Å². The maximum atomic E-state index is 5.81. The van der Waals surface area contributed by atoms with Crippen LogP contribution < -0.4 is 10.6 Å². The van der Waals surface area contributed by atoms with E-state index in [1.165, 1.54) is 14.9 Å². The van der Waals surface area contributed by atoms with Crippen LogP contribution >= 0.6 is 0 Å². The molecule has 0 saturated heterocycles. The fraction of sp³-hybridized carbons (Fsp3) is 0. The third-order valence-electron chi connectivity index (χ3n) is 1.33. The van der Waals surface area contributed by atoms with Crippen molar-refractivity contribution in [3.63, 3.8) is 0 Å². The van der Waals surface area contributed by atoms with Gasteiger partial charge >= 0.3 is 0 Å². The Balaban J connectivity index is 2.85. The number of rotatable bonds is 1. The van der Waals surface area contributed by atoms with Crippen LogP contribution in [0.3, 0.4) is 0 Å². The zero-order valence-electron chi connectivity index (χ0n) is 5.54. The predicted molar refractivity (Wildman–Crippen MR) is 47.4 cm³/mol. The van der Waals surface area contributed by atoms with Gasteiger partial charge in [0, 0.05) is 9.76 Å². The first kappa shape index (κ1) is 6.73. The highest BCUT2D eigenvalue weighted by atomic mass is 29.2. The first-order chi connectivity index (χ1) is 4.30. The van der Waals surface area contributed by atoms with Crippen LogP contribution in [0.15, 0.2) is 30.3 Å². The van der Waals surface area contributed by atoms with Crippen molar-refractivity contribution in [3.05, 3.63) is 30.3 Å². The topological polar surface area (TPSA) is 26.0 Å². The van der Waals surface area contributed by atoms with E-state index in [-0.39, 0.29) is 0 Å². The molecule has 1 rings (SSSR count). The third-order valence-corrected chi connectivity index (χ3v) is 4.76. The Bertz CT molecular complexity index is 174. The Kier molecular flexibility index (Phi) is 2.21. The lowest BCUT2D eigenvalue weighted by molar-refractivity contribution is 1.74. The average Bonchev–Trinajstić information content (AvgIpc) is 1.90. The second-order valence-electron chi connectivity index (χ2n) is 2.20. The van der Waals surface area contributed by atoms with E-state index < -0.39 is 8.48 Å². The molecule has 0 bridgehead atoms. The summed E-state index contributed by atoms with van der Waals surface area (Å²) in [5, 5.41) is 7.21. The van der Waals surface area contributed by atoms with Gasteiger partial charge in [0.25, 0.3) is 0 Å². The third kappa shape index (κ3) is 1.78. The van der Waals surface area contributed by atoms with E-state index in [0.29, 0.717) is 0 Å². The average molecular weight is 153 g/mol. The molecule has 0 spiro atoms. The van der Waals surface area contributed by atoms with Crippen molar-refractivity contribution in [2.24, 2.45) is 5.40 Å². The molecule has 0 aromatic heterocycles. The monoisotopic (exact) mass is 153 g/mol. The fourth-order valence-electron chi connectivity index (χ4n) is 0.757. The summed E-state index contributed by atoms with van der Waals surface area (Å²) in [6, 6.07) is 10.4. The summed E-state index contributed by atoms with van der Waals surface area (Å²) in [5.74, 6) is 0. The minimum Gasteiger partial charge on any atom is -0.352 e. The standard InChI is InChI=1S/C6H11NSi2/c7-9(8)6-4-2-1-3-5-6/h1-5,9H,7H2,8H3. The first-order valence-corrected chi connectivity index (χ1v) is 8.97. The van der Waals surface area contributed by atoms with Gasteiger partial charge in [-0.15, -0.1) is 0 Å². The van der Waals surface area contributed by atoms with Crippen molar-refractivity contribution in [3.8, 4) is 0 Å². The molecule has 3 heteroatoms. The van der Waals surface area contributed by atoms with Gasteiger partial charge in [-0.05, 0) is 0 Å². The molecule has 1 atom stereocenters. The van der Waals surface area contributed by atoms with Crippen LogP contribution in [0.1, 0.15) is 0 Å². The maximum Gasteiger partial charge on any atom is 0.117 e. The number of hydrogen-bond donors (Lipinski definition) is 1. The van der Waals surface area contributed by atoms with E-state index in [4.69, 9.17) is 5.40 Å². The minimum absolute atomic E-state index is 0.890. The number of benzene rings is 1. The molecule has 48 valence electrons. The van der Waals surface area contributed by atoms with E-state index in [1.54, 1.807) is 0 Å². The highest BCUT2D eigenvalue weighted by Crippen LogP contribution is 1.80. The van der Waals surface area contributed by atoms with Crippen molar-refractivity contribution >= 4 is 23.4 Å². The lowest BCUT2D eigenvalue weighted by atomic mass is 10.4. The summed E-state index contributed by atoms with van der Waals surface area (Å²) in [6.45, 7) is 0. The van der Waals surface area contributed by atoms with Gasteiger partial charge in [-0.2, -0.15) is 0 Å². The molecule has 1 aromatic carbocycles. The van der Waals surface area contributed by atoms with Crippen LogP contribution in [0.2, 0.25) is 0 Å². The van der Waals surface area contributed by atoms with Gasteiger partial charge in [0.1, 0.15) is 8.48 Å². The fourth-order valence-corrected chi connectivity index (χ4v) is 2.74. The highest BCUT2D eigenvalue weighted by molar-refractivity contribution is 7.09. The van der Waals surface area contributed by atoms with Crippen molar-refractivity contribution in [2.75, 3.05) is 0 Å². The Morgan fingerprint density at radius 3 is 2.11 bits per heavy atom. The molecule has 0 aliphatic heterocycles. The molecule has 9 heavy (non-hydrogen) atoms. The molecule has 0 heterocycles. The minimum atomic E-state index is -0.890. The predicted octanol–water partition coefficient (Wildman–Crippen LogP) is -1.56. The lowest BCUT2D eigenvalue weighted by Gasteiger charge is -2.00. The van der Waals surface area contributed by atoms with E-state index >= 15 is 0 Å². The molecule has 0 aliphatic carbocycles. The zero-order chi connectivity index (χ0) is 6.69. The highest BCUT2D eigenvalue weighted by Gasteiger charge is 1.96. The SMILES string of the molecule is N[SiH]([SiH3])c1ccccc1. The number of hydrogen-bond acceptors (Lipinski definition) is 1. The molecule has 0 aliphatic rings. The smallest absolute Gasteiger partial charge is 0.117 e. The van der Waals surface area contributed by atoms with E-state index in [2.05, 4.69) is 24.3 Å². The summed E-state index contributed by atoms with van der Waals surface area (Å²) in [4.78, 5) is 0. The summed E-state index contributed by atoms with van der Waals surface area (Å²) >= 11 is 0. The largest absolute Gasteiger partial charge is 0.352 e.